The van der Waals surface area contributed by atoms with Gasteiger partial charge >= 0.3 is 0 Å². The van der Waals surface area contributed by atoms with Crippen molar-refractivity contribution in [1.82, 2.24) is 19.9 Å². The number of hydrogen-bond donors (Lipinski definition) is 3. The van der Waals surface area contributed by atoms with E-state index >= 15 is 0 Å². The highest BCUT2D eigenvalue weighted by atomic mass is 35.5. The topological polar surface area (TPSA) is 83.4 Å². The minimum absolute atomic E-state index is 0.0437. The lowest BCUT2D eigenvalue weighted by Gasteiger charge is -2.23. The summed E-state index contributed by atoms with van der Waals surface area (Å²) in [6, 6.07) is 9.77. The molecule has 1 fully saturated rings. The zero-order valence-electron chi connectivity index (χ0n) is 18.5. The number of benzene rings is 1. The number of anilines is 2. The molecule has 0 aliphatic carbocycles. The Morgan fingerprint density at radius 2 is 2.09 bits per heavy atom. The standard InChI is InChI=1S/C24H29ClN6O/c1-15(2)20-14-28-31-22(12-21(30-23(20)31)18-7-9-26-10-8-18)27-13-17-5-4-6-19(11-17)29-24(32)16(3)25/h4-6,11-12,14-15,18,26-27H,3,7-10,13H2,1-2H3,(H,29,32). The fourth-order valence-corrected chi connectivity index (χ4v) is 4.06. The molecule has 0 saturated carbocycles. The predicted octanol–water partition coefficient (Wildman–Crippen LogP) is 4.62. The van der Waals surface area contributed by atoms with Crippen molar-refractivity contribution < 1.29 is 4.79 Å². The van der Waals surface area contributed by atoms with Crippen LogP contribution in [-0.4, -0.2) is 33.6 Å². The largest absolute Gasteiger partial charge is 0.366 e. The van der Waals surface area contributed by atoms with Crippen LogP contribution in [0, 0.1) is 0 Å². The molecule has 0 atom stereocenters. The quantitative estimate of drug-likeness (QED) is 0.455. The number of aromatic nitrogens is 3. The van der Waals surface area contributed by atoms with Gasteiger partial charge in [-0.05, 0) is 49.5 Å². The summed E-state index contributed by atoms with van der Waals surface area (Å²) < 4.78 is 1.89. The van der Waals surface area contributed by atoms with Gasteiger partial charge in [0.2, 0.25) is 0 Å². The van der Waals surface area contributed by atoms with Gasteiger partial charge < -0.3 is 16.0 Å². The summed E-state index contributed by atoms with van der Waals surface area (Å²) in [7, 11) is 0. The molecule has 1 aromatic carbocycles. The molecule has 0 unspecified atom stereocenters. The minimum atomic E-state index is -0.406. The Kier molecular flexibility index (Phi) is 6.77. The van der Waals surface area contributed by atoms with Crippen LogP contribution in [0.4, 0.5) is 11.5 Å². The second-order valence-electron chi connectivity index (χ2n) is 8.49. The molecule has 1 saturated heterocycles. The molecule has 168 valence electrons. The second-order valence-corrected chi connectivity index (χ2v) is 8.95. The van der Waals surface area contributed by atoms with Crippen molar-refractivity contribution in [3.05, 3.63) is 65.0 Å². The summed E-state index contributed by atoms with van der Waals surface area (Å²) in [5.41, 5.74) is 4.88. The van der Waals surface area contributed by atoms with Crippen LogP contribution >= 0.6 is 11.6 Å². The third kappa shape index (κ3) is 4.95. The molecule has 1 aliphatic heterocycles. The van der Waals surface area contributed by atoms with Crippen molar-refractivity contribution >= 4 is 34.7 Å². The van der Waals surface area contributed by atoms with Crippen molar-refractivity contribution in [3.63, 3.8) is 0 Å². The number of hydrogen-bond acceptors (Lipinski definition) is 5. The first kappa shape index (κ1) is 22.3. The molecular weight excluding hydrogens is 424 g/mol. The molecule has 2 aromatic heterocycles. The molecule has 1 amide bonds. The Labute approximate surface area is 193 Å². The number of rotatable bonds is 7. The monoisotopic (exact) mass is 452 g/mol. The number of nitrogens with one attached hydrogen (secondary N) is 3. The molecular formula is C24H29ClN6O. The van der Waals surface area contributed by atoms with Gasteiger partial charge in [-0.2, -0.15) is 9.61 Å². The van der Waals surface area contributed by atoms with E-state index in [4.69, 9.17) is 16.6 Å². The lowest BCUT2D eigenvalue weighted by atomic mass is 9.94. The van der Waals surface area contributed by atoms with E-state index in [2.05, 4.69) is 47.5 Å². The average Bonchev–Trinajstić information content (AvgIpc) is 3.23. The number of amides is 1. The van der Waals surface area contributed by atoms with Gasteiger partial charge in [0.1, 0.15) is 5.82 Å². The van der Waals surface area contributed by atoms with Crippen molar-refractivity contribution in [2.75, 3.05) is 23.7 Å². The van der Waals surface area contributed by atoms with Gasteiger partial charge in [0.25, 0.3) is 5.91 Å². The zero-order chi connectivity index (χ0) is 22.7. The van der Waals surface area contributed by atoms with Crippen LogP contribution < -0.4 is 16.0 Å². The minimum Gasteiger partial charge on any atom is -0.366 e. The summed E-state index contributed by atoms with van der Waals surface area (Å²) in [6.07, 6.45) is 4.09. The van der Waals surface area contributed by atoms with Crippen molar-refractivity contribution in [3.8, 4) is 0 Å². The van der Waals surface area contributed by atoms with E-state index in [1.165, 1.54) is 0 Å². The molecule has 8 heteroatoms. The SMILES string of the molecule is C=C(Cl)C(=O)Nc1cccc(CNc2cc(C3CCNCC3)nc3c(C(C)C)cnn23)c1. The molecule has 1 aliphatic rings. The van der Waals surface area contributed by atoms with Gasteiger partial charge in [0.05, 0.1) is 11.2 Å². The van der Waals surface area contributed by atoms with Crippen molar-refractivity contribution in [2.45, 2.75) is 45.1 Å². The molecule has 3 heterocycles. The smallest absolute Gasteiger partial charge is 0.266 e. The molecule has 4 rings (SSSR count). The van der Waals surface area contributed by atoms with Gasteiger partial charge in [-0.3, -0.25) is 4.79 Å². The van der Waals surface area contributed by atoms with E-state index in [9.17, 15) is 4.79 Å². The van der Waals surface area contributed by atoms with E-state index in [0.29, 0.717) is 24.1 Å². The molecule has 3 N–H and O–H groups in total. The van der Waals surface area contributed by atoms with E-state index in [1.807, 2.05) is 35.0 Å². The zero-order valence-corrected chi connectivity index (χ0v) is 19.2. The highest BCUT2D eigenvalue weighted by Crippen LogP contribution is 2.29. The molecule has 0 spiro atoms. The van der Waals surface area contributed by atoms with Crippen LogP contribution in [0.15, 0.2) is 48.1 Å². The normalized spacial score (nSPS) is 14.6. The first-order chi connectivity index (χ1) is 15.4. The van der Waals surface area contributed by atoms with Gasteiger partial charge in [-0.25, -0.2) is 4.98 Å². The molecule has 0 bridgehead atoms. The molecule has 0 radical (unpaired) electrons. The van der Waals surface area contributed by atoms with Gasteiger partial charge in [-0.1, -0.05) is 44.2 Å². The maximum Gasteiger partial charge on any atom is 0.266 e. The Morgan fingerprint density at radius 1 is 1.31 bits per heavy atom. The van der Waals surface area contributed by atoms with Crippen molar-refractivity contribution in [1.29, 1.82) is 0 Å². The van der Waals surface area contributed by atoms with Gasteiger partial charge in [-0.15, -0.1) is 0 Å². The first-order valence-electron chi connectivity index (χ1n) is 11.0. The Balaban J connectivity index is 1.61. The summed E-state index contributed by atoms with van der Waals surface area (Å²) in [5.74, 6) is 1.29. The van der Waals surface area contributed by atoms with Gasteiger partial charge in [0.15, 0.2) is 5.65 Å². The number of carbonyl (C=O) groups is 1. The van der Waals surface area contributed by atoms with Crippen LogP contribution in [0.3, 0.4) is 0 Å². The maximum absolute atomic E-state index is 11.8. The third-order valence-corrected chi connectivity index (χ3v) is 5.97. The van der Waals surface area contributed by atoms with Crippen LogP contribution in [0.1, 0.15) is 55.3 Å². The number of piperidine rings is 1. The number of nitrogens with zero attached hydrogens (tertiary/aromatic N) is 3. The number of halogens is 1. The van der Waals surface area contributed by atoms with Crippen molar-refractivity contribution in [2.24, 2.45) is 0 Å². The second kappa shape index (κ2) is 9.71. The Bertz CT molecular complexity index is 1130. The third-order valence-electron chi connectivity index (χ3n) is 5.80. The van der Waals surface area contributed by atoms with Crippen LogP contribution in [0.2, 0.25) is 0 Å². The first-order valence-corrected chi connectivity index (χ1v) is 11.4. The highest BCUT2D eigenvalue weighted by molar-refractivity contribution is 6.43. The van der Waals surface area contributed by atoms with Crippen LogP contribution in [0.25, 0.3) is 5.65 Å². The Morgan fingerprint density at radius 3 is 2.81 bits per heavy atom. The molecule has 3 aromatic rings. The summed E-state index contributed by atoms with van der Waals surface area (Å²) in [4.78, 5) is 16.8. The molecule has 32 heavy (non-hydrogen) atoms. The maximum atomic E-state index is 11.8. The lowest BCUT2D eigenvalue weighted by Crippen LogP contribution is -2.27. The number of fused-ring (bicyclic) bond motifs is 1. The van der Waals surface area contributed by atoms with E-state index in [1.54, 1.807) is 0 Å². The fraction of sp³-hybridized carbons (Fsp3) is 0.375. The van der Waals surface area contributed by atoms with Crippen LogP contribution in [0.5, 0.6) is 0 Å². The van der Waals surface area contributed by atoms with E-state index in [0.717, 1.165) is 54.2 Å². The Hall–Kier alpha value is -2.90. The molecule has 7 nitrogen and oxygen atoms in total. The average molecular weight is 453 g/mol. The summed E-state index contributed by atoms with van der Waals surface area (Å²) >= 11 is 5.68. The van der Waals surface area contributed by atoms with E-state index in [-0.39, 0.29) is 5.03 Å². The lowest BCUT2D eigenvalue weighted by molar-refractivity contribution is -0.112. The summed E-state index contributed by atoms with van der Waals surface area (Å²) in [5, 5.41) is 14.3. The number of carbonyl (C=O) groups excluding carboxylic acids is 1. The van der Waals surface area contributed by atoms with Crippen LogP contribution in [-0.2, 0) is 11.3 Å². The van der Waals surface area contributed by atoms with E-state index < -0.39 is 5.91 Å². The highest BCUT2D eigenvalue weighted by Gasteiger charge is 2.21. The fourth-order valence-electron chi connectivity index (χ4n) is 4.01. The van der Waals surface area contributed by atoms with Gasteiger partial charge in [0, 0.05) is 35.5 Å². The summed E-state index contributed by atoms with van der Waals surface area (Å²) in [6.45, 7) is 10.4. The predicted molar refractivity (Wildman–Crippen MR) is 129 cm³/mol.